The summed E-state index contributed by atoms with van der Waals surface area (Å²) in [5, 5.41) is 5.37. The summed E-state index contributed by atoms with van der Waals surface area (Å²) in [5.41, 5.74) is 1.50. The van der Waals surface area contributed by atoms with Gasteiger partial charge >= 0.3 is 5.97 Å². The van der Waals surface area contributed by atoms with E-state index in [1.807, 2.05) is 6.92 Å². The molecular formula is C24H23N3O6S2. The smallest absolute Gasteiger partial charge is 0.337 e. The summed E-state index contributed by atoms with van der Waals surface area (Å²) < 4.78 is 37.8. The molecular weight excluding hydrogens is 490 g/mol. The quantitative estimate of drug-likeness (QED) is 0.307. The molecule has 0 fully saturated rings. The fraction of sp³-hybridized carbons (Fsp3) is 0.125. The number of thiocarbonyl (C=S) groups is 1. The van der Waals surface area contributed by atoms with Crippen LogP contribution in [-0.2, 0) is 14.8 Å². The summed E-state index contributed by atoms with van der Waals surface area (Å²) >= 11 is 5.16. The zero-order chi connectivity index (χ0) is 25.4. The van der Waals surface area contributed by atoms with Crippen LogP contribution >= 0.6 is 12.2 Å². The summed E-state index contributed by atoms with van der Waals surface area (Å²) in [7, 11) is -2.53. The number of sulfonamides is 1. The van der Waals surface area contributed by atoms with Crippen molar-refractivity contribution >= 4 is 50.6 Å². The van der Waals surface area contributed by atoms with E-state index in [-0.39, 0.29) is 10.0 Å². The van der Waals surface area contributed by atoms with Crippen LogP contribution in [0.15, 0.2) is 77.7 Å². The van der Waals surface area contributed by atoms with Crippen LogP contribution in [0.4, 0.5) is 11.4 Å². The van der Waals surface area contributed by atoms with Crippen LogP contribution in [0.5, 0.6) is 5.75 Å². The molecule has 0 bridgehead atoms. The fourth-order valence-corrected chi connectivity index (χ4v) is 4.20. The number of carbonyl (C=O) groups is 2. The monoisotopic (exact) mass is 513 g/mol. The molecule has 0 aliphatic heterocycles. The van der Waals surface area contributed by atoms with E-state index < -0.39 is 21.9 Å². The van der Waals surface area contributed by atoms with Crippen molar-refractivity contribution in [1.29, 1.82) is 0 Å². The number of methoxy groups -OCH3 is 1. The minimum atomic E-state index is -3.80. The highest BCUT2D eigenvalue weighted by molar-refractivity contribution is 7.92. The summed E-state index contributed by atoms with van der Waals surface area (Å²) in [6.07, 6.45) is 0. The molecule has 0 radical (unpaired) electrons. The highest BCUT2D eigenvalue weighted by Crippen LogP contribution is 2.21. The summed E-state index contributed by atoms with van der Waals surface area (Å²) in [6, 6.07) is 18.3. The number of carbonyl (C=O) groups excluding carboxylic acids is 2. The zero-order valence-corrected chi connectivity index (χ0v) is 20.5. The van der Waals surface area contributed by atoms with Crippen molar-refractivity contribution in [3.63, 3.8) is 0 Å². The van der Waals surface area contributed by atoms with Gasteiger partial charge in [0.15, 0.2) is 5.11 Å². The molecule has 0 saturated carbocycles. The van der Waals surface area contributed by atoms with Crippen LogP contribution in [0.25, 0.3) is 0 Å². The summed E-state index contributed by atoms with van der Waals surface area (Å²) in [6.45, 7) is 2.38. The van der Waals surface area contributed by atoms with E-state index in [0.717, 1.165) is 0 Å². The van der Waals surface area contributed by atoms with E-state index in [9.17, 15) is 18.0 Å². The Balaban J connectivity index is 1.58. The van der Waals surface area contributed by atoms with Gasteiger partial charge in [0.05, 0.1) is 24.2 Å². The van der Waals surface area contributed by atoms with Crippen molar-refractivity contribution in [3.05, 3.63) is 83.9 Å². The van der Waals surface area contributed by atoms with Crippen molar-refractivity contribution in [2.24, 2.45) is 0 Å². The van der Waals surface area contributed by atoms with Gasteiger partial charge in [-0.1, -0.05) is 0 Å². The van der Waals surface area contributed by atoms with Gasteiger partial charge < -0.3 is 14.8 Å². The SMILES string of the molecule is CCOc1ccc(NS(=O)(=O)c2ccc(NC(=S)NC(=O)c3ccc(C(=O)OC)cc3)cc2)cc1. The molecule has 0 aliphatic rings. The van der Waals surface area contributed by atoms with E-state index in [2.05, 4.69) is 20.1 Å². The molecule has 0 heterocycles. The molecule has 11 heteroatoms. The second kappa shape index (κ2) is 11.4. The van der Waals surface area contributed by atoms with E-state index in [0.29, 0.717) is 34.9 Å². The molecule has 0 atom stereocenters. The highest BCUT2D eigenvalue weighted by atomic mass is 32.2. The first-order valence-electron chi connectivity index (χ1n) is 10.4. The minimum absolute atomic E-state index is 0.0233. The molecule has 3 N–H and O–H groups in total. The lowest BCUT2D eigenvalue weighted by Crippen LogP contribution is -2.34. The Morgan fingerprint density at radius 1 is 0.857 bits per heavy atom. The molecule has 35 heavy (non-hydrogen) atoms. The van der Waals surface area contributed by atoms with Gasteiger partial charge in [-0.05, 0) is 91.9 Å². The maximum absolute atomic E-state index is 12.7. The van der Waals surface area contributed by atoms with Gasteiger partial charge in [0.2, 0.25) is 0 Å². The first-order valence-corrected chi connectivity index (χ1v) is 12.3. The molecule has 0 unspecified atom stereocenters. The van der Waals surface area contributed by atoms with Gasteiger partial charge in [-0.25, -0.2) is 13.2 Å². The lowest BCUT2D eigenvalue weighted by Gasteiger charge is -2.12. The Bertz CT molecular complexity index is 1310. The number of hydrogen-bond donors (Lipinski definition) is 3. The molecule has 3 aromatic rings. The maximum Gasteiger partial charge on any atom is 0.337 e. The van der Waals surface area contributed by atoms with Gasteiger partial charge in [-0.15, -0.1) is 0 Å². The lowest BCUT2D eigenvalue weighted by molar-refractivity contribution is 0.0600. The fourth-order valence-electron chi connectivity index (χ4n) is 2.93. The highest BCUT2D eigenvalue weighted by Gasteiger charge is 2.15. The van der Waals surface area contributed by atoms with Gasteiger partial charge in [0, 0.05) is 16.9 Å². The van der Waals surface area contributed by atoms with Crippen molar-refractivity contribution in [1.82, 2.24) is 5.32 Å². The number of hydrogen-bond acceptors (Lipinski definition) is 7. The first-order chi connectivity index (χ1) is 16.7. The molecule has 0 saturated heterocycles. The second-order valence-corrected chi connectivity index (χ2v) is 9.16. The van der Waals surface area contributed by atoms with Gasteiger partial charge in [-0.3, -0.25) is 14.8 Å². The molecule has 1 amide bonds. The minimum Gasteiger partial charge on any atom is -0.494 e. The Hall–Kier alpha value is -3.96. The lowest BCUT2D eigenvalue weighted by atomic mass is 10.1. The third kappa shape index (κ3) is 7.01. The van der Waals surface area contributed by atoms with Crippen molar-refractivity contribution in [3.8, 4) is 5.75 Å². The van der Waals surface area contributed by atoms with Crippen LogP contribution < -0.4 is 20.1 Å². The number of anilines is 2. The number of rotatable bonds is 8. The van der Waals surface area contributed by atoms with Crippen LogP contribution in [0.3, 0.4) is 0 Å². The second-order valence-electron chi connectivity index (χ2n) is 7.06. The summed E-state index contributed by atoms with van der Waals surface area (Å²) in [4.78, 5) is 23.9. The van der Waals surface area contributed by atoms with Gasteiger partial charge in [-0.2, -0.15) is 0 Å². The van der Waals surface area contributed by atoms with E-state index in [4.69, 9.17) is 17.0 Å². The average molecular weight is 514 g/mol. The molecule has 3 aromatic carbocycles. The number of esters is 1. The van der Waals surface area contributed by atoms with Crippen molar-refractivity contribution in [2.75, 3.05) is 23.8 Å². The Labute approximate surface area is 208 Å². The van der Waals surface area contributed by atoms with Crippen LogP contribution in [0.2, 0.25) is 0 Å². The Morgan fingerprint density at radius 2 is 1.43 bits per heavy atom. The molecule has 0 aromatic heterocycles. The topological polar surface area (TPSA) is 123 Å². The standard InChI is InChI=1S/C24H23N3O6S2/c1-3-33-20-12-8-19(9-13-20)27-35(30,31)21-14-10-18(11-15-21)25-24(34)26-22(28)16-4-6-17(7-5-16)23(29)32-2/h4-15,27H,3H2,1-2H3,(H2,25,26,28,34). The molecule has 182 valence electrons. The van der Waals surface area contributed by atoms with Crippen LogP contribution in [-0.4, -0.2) is 39.1 Å². The largest absolute Gasteiger partial charge is 0.494 e. The van der Waals surface area contributed by atoms with Crippen LogP contribution in [0.1, 0.15) is 27.6 Å². The maximum atomic E-state index is 12.7. The number of benzene rings is 3. The molecule has 0 aliphatic carbocycles. The number of nitrogens with one attached hydrogen (secondary N) is 3. The number of amides is 1. The third-order valence-electron chi connectivity index (χ3n) is 4.64. The molecule has 0 spiro atoms. The zero-order valence-electron chi connectivity index (χ0n) is 18.9. The van der Waals surface area contributed by atoms with E-state index in [1.54, 1.807) is 24.3 Å². The van der Waals surface area contributed by atoms with Crippen LogP contribution in [0, 0.1) is 0 Å². The molecule has 9 nitrogen and oxygen atoms in total. The Morgan fingerprint density at radius 3 is 2.00 bits per heavy atom. The van der Waals surface area contributed by atoms with E-state index in [1.165, 1.54) is 55.6 Å². The average Bonchev–Trinajstić information content (AvgIpc) is 2.85. The predicted octanol–water partition coefficient (Wildman–Crippen LogP) is 3.80. The predicted molar refractivity (Wildman–Crippen MR) is 136 cm³/mol. The third-order valence-corrected chi connectivity index (χ3v) is 6.24. The Kier molecular flexibility index (Phi) is 8.39. The summed E-state index contributed by atoms with van der Waals surface area (Å²) in [5.74, 6) is -0.334. The first kappa shape index (κ1) is 25.7. The van der Waals surface area contributed by atoms with Crippen molar-refractivity contribution in [2.45, 2.75) is 11.8 Å². The number of ether oxygens (including phenoxy) is 2. The normalized spacial score (nSPS) is 10.7. The van der Waals surface area contributed by atoms with Crippen molar-refractivity contribution < 1.29 is 27.5 Å². The molecule has 3 rings (SSSR count). The van der Waals surface area contributed by atoms with Gasteiger partial charge in [0.25, 0.3) is 15.9 Å². The van der Waals surface area contributed by atoms with E-state index >= 15 is 0 Å². The van der Waals surface area contributed by atoms with Gasteiger partial charge in [0.1, 0.15) is 5.75 Å².